The Bertz CT molecular complexity index is 846. The molecule has 3 aliphatic rings. The maximum atomic E-state index is 10.3. The molecule has 0 amide bonds. The molecule has 0 aliphatic heterocycles. The Morgan fingerprint density at radius 2 is 1.71 bits per heavy atom. The second kappa shape index (κ2) is 10.2. The summed E-state index contributed by atoms with van der Waals surface area (Å²) in [7, 11) is 3.33. The van der Waals surface area contributed by atoms with Gasteiger partial charge in [-0.15, -0.1) is 0 Å². The fraction of sp³-hybridized carbons (Fsp3) is 0.724. The second-order valence-corrected chi connectivity index (χ2v) is 11.5. The van der Waals surface area contributed by atoms with E-state index in [9.17, 15) is 10.2 Å². The van der Waals surface area contributed by atoms with E-state index in [1.54, 1.807) is 14.2 Å². The van der Waals surface area contributed by atoms with E-state index < -0.39 is 0 Å². The van der Waals surface area contributed by atoms with Crippen LogP contribution in [0.15, 0.2) is 30.4 Å². The first-order valence-corrected chi connectivity index (χ1v) is 13.0. The summed E-state index contributed by atoms with van der Waals surface area (Å²) in [5.41, 5.74) is 2.65. The summed E-state index contributed by atoms with van der Waals surface area (Å²) in [4.78, 5) is 0. The van der Waals surface area contributed by atoms with Crippen molar-refractivity contribution in [1.29, 1.82) is 0 Å². The summed E-state index contributed by atoms with van der Waals surface area (Å²) in [6, 6.07) is 5.89. The topological polar surface area (TPSA) is 68.2 Å². The van der Waals surface area contributed by atoms with Crippen LogP contribution < -0.4 is 9.47 Å². The Morgan fingerprint density at radius 3 is 2.35 bits per heavy atom. The Labute approximate surface area is 205 Å². The largest absolute Gasteiger partial charge is 0.497 e. The van der Waals surface area contributed by atoms with Crippen LogP contribution in [-0.2, 0) is 11.3 Å². The molecule has 0 aromatic heterocycles. The zero-order valence-corrected chi connectivity index (χ0v) is 21.5. The lowest BCUT2D eigenvalue weighted by molar-refractivity contribution is -0.113. The van der Waals surface area contributed by atoms with Gasteiger partial charge in [-0.05, 0) is 97.1 Å². The molecule has 190 valence electrons. The molecule has 5 nitrogen and oxygen atoms in total. The van der Waals surface area contributed by atoms with Gasteiger partial charge in [-0.1, -0.05) is 26.0 Å². The quantitative estimate of drug-likeness (QED) is 0.497. The number of benzene rings is 1. The average Bonchev–Trinajstić information content (AvgIpc) is 3.14. The van der Waals surface area contributed by atoms with E-state index in [2.05, 4.69) is 20.4 Å². The van der Waals surface area contributed by atoms with Crippen LogP contribution in [0, 0.1) is 34.5 Å². The van der Waals surface area contributed by atoms with Gasteiger partial charge in [0.05, 0.1) is 33.5 Å². The minimum Gasteiger partial charge on any atom is -0.497 e. The van der Waals surface area contributed by atoms with E-state index in [-0.39, 0.29) is 29.5 Å². The monoisotopic (exact) mass is 472 g/mol. The third kappa shape index (κ3) is 4.64. The van der Waals surface area contributed by atoms with Gasteiger partial charge in [-0.2, -0.15) is 0 Å². The van der Waals surface area contributed by atoms with E-state index in [4.69, 9.17) is 14.2 Å². The van der Waals surface area contributed by atoms with Crippen molar-refractivity contribution in [2.45, 2.75) is 71.5 Å². The first kappa shape index (κ1) is 25.5. The number of hydrogen-bond acceptors (Lipinski definition) is 5. The van der Waals surface area contributed by atoms with Crippen LogP contribution in [0.25, 0.3) is 0 Å². The lowest BCUT2D eigenvalue weighted by atomic mass is 9.49. The van der Waals surface area contributed by atoms with Crippen LogP contribution in [0.1, 0.15) is 64.4 Å². The highest BCUT2D eigenvalue weighted by molar-refractivity contribution is 5.38. The molecule has 7 atom stereocenters. The molecule has 4 rings (SSSR count). The predicted molar refractivity (Wildman–Crippen MR) is 134 cm³/mol. The molecule has 0 spiro atoms. The van der Waals surface area contributed by atoms with Gasteiger partial charge in [0.2, 0.25) is 0 Å². The molecule has 3 aliphatic carbocycles. The normalized spacial score (nSPS) is 37.9. The number of fused-ring (bicyclic) bond motifs is 1. The average molecular weight is 473 g/mol. The molecule has 0 heterocycles. The van der Waals surface area contributed by atoms with Gasteiger partial charge in [0.25, 0.3) is 0 Å². The molecule has 0 bridgehead atoms. The number of aliphatic hydroxyl groups excluding tert-OH is 2. The molecule has 1 aromatic rings. The molecule has 0 saturated heterocycles. The highest BCUT2D eigenvalue weighted by Crippen LogP contribution is 2.63. The smallest absolute Gasteiger partial charge is 0.122 e. The van der Waals surface area contributed by atoms with Gasteiger partial charge >= 0.3 is 0 Å². The van der Waals surface area contributed by atoms with Crippen molar-refractivity contribution in [2.24, 2.45) is 34.5 Å². The van der Waals surface area contributed by atoms with E-state index in [0.717, 1.165) is 42.7 Å². The SMILES string of the molecule is C=C1CC[C@H]2[C@H](COCc3cc(OC)cc(OC)c3)[C@@H]([C@@]3(C)CC[C@H](O)C[C@@H]3CO)CC[C@]12C. The van der Waals surface area contributed by atoms with Crippen molar-refractivity contribution < 1.29 is 24.4 Å². The van der Waals surface area contributed by atoms with Gasteiger partial charge in [0.1, 0.15) is 11.5 Å². The Hall–Kier alpha value is -1.56. The third-order valence-electron chi connectivity index (χ3n) is 9.95. The number of ether oxygens (including phenoxy) is 3. The maximum absolute atomic E-state index is 10.3. The van der Waals surface area contributed by atoms with Crippen LogP contribution in [0.3, 0.4) is 0 Å². The summed E-state index contributed by atoms with van der Waals surface area (Å²) < 4.78 is 17.3. The summed E-state index contributed by atoms with van der Waals surface area (Å²) in [6.45, 7) is 10.6. The molecule has 2 N–H and O–H groups in total. The summed E-state index contributed by atoms with van der Waals surface area (Å²) in [5, 5.41) is 20.6. The Balaban J connectivity index is 1.56. The fourth-order valence-electron chi connectivity index (χ4n) is 7.68. The maximum Gasteiger partial charge on any atom is 0.122 e. The molecular formula is C29H44O5. The lowest BCUT2D eigenvalue weighted by Crippen LogP contribution is -2.52. The van der Waals surface area contributed by atoms with Crippen molar-refractivity contribution in [3.63, 3.8) is 0 Å². The molecule has 3 fully saturated rings. The molecule has 0 radical (unpaired) electrons. The van der Waals surface area contributed by atoms with E-state index in [1.165, 1.54) is 18.4 Å². The lowest BCUT2D eigenvalue weighted by Gasteiger charge is -2.56. The van der Waals surface area contributed by atoms with E-state index in [1.807, 2.05) is 18.2 Å². The molecular weight excluding hydrogens is 428 g/mol. The third-order valence-corrected chi connectivity index (χ3v) is 9.95. The van der Waals surface area contributed by atoms with E-state index in [0.29, 0.717) is 37.4 Å². The molecule has 0 unspecified atom stereocenters. The van der Waals surface area contributed by atoms with Gasteiger partial charge in [0, 0.05) is 12.7 Å². The van der Waals surface area contributed by atoms with Crippen LogP contribution in [0.4, 0.5) is 0 Å². The summed E-state index contributed by atoms with van der Waals surface area (Å²) in [6.07, 6.45) is 6.80. The highest BCUT2D eigenvalue weighted by Gasteiger charge is 2.56. The van der Waals surface area contributed by atoms with Gasteiger partial charge in [-0.3, -0.25) is 0 Å². The Kier molecular flexibility index (Phi) is 7.66. The first-order valence-electron chi connectivity index (χ1n) is 13.0. The fourth-order valence-corrected chi connectivity index (χ4v) is 7.68. The summed E-state index contributed by atoms with van der Waals surface area (Å²) in [5.74, 6) is 3.13. The minimum absolute atomic E-state index is 0.0203. The van der Waals surface area contributed by atoms with Crippen LogP contribution >= 0.6 is 0 Å². The standard InChI is InChI=1S/C29H44O5/c1-19-6-7-26-25(18-34-17-20-12-23(32-4)15-24(13-20)33-5)27(9-11-28(19,26)2)29(3)10-8-22(31)14-21(29)16-30/h12-13,15,21-22,25-27,30-31H,1,6-11,14,16-18H2,2-5H3/t21-,22+,25+,26+,27+,28-,29+/m1/s1. The van der Waals surface area contributed by atoms with Crippen molar-refractivity contribution in [3.05, 3.63) is 35.9 Å². The first-order chi connectivity index (χ1) is 16.2. The molecule has 1 aromatic carbocycles. The highest BCUT2D eigenvalue weighted by atomic mass is 16.5. The number of aliphatic hydroxyl groups is 2. The van der Waals surface area contributed by atoms with Gasteiger partial charge < -0.3 is 24.4 Å². The number of allylic oxidation sites excluding steroid dienone is 1. The van der Waals surface area contributed by atoms with Crippen LogP contribution in [0.2, 0.25) is 0 Å². The zero-order valence-electron chi connectivity index (χ0n) is 21.5. The van der Waals surface area contributed by atoms with Crippen molar-refractivity contribution in [1.82, 2.24) is 0 Å². The van der Waals surface area contributed by atoms with Crippen LogP contribution in [-0.4, -0.2) is 43.8 Å². The van der Waals surface area contributed by atoms with E-state index >= 15 is 0 Å². The van der Waals surface area contributed by atoms with Crippen LogP contribution in [0.5, 0.6) is 11.5 Å². The number of rotatable bonds is 8. The predicted octanol–water partition coefficient (Wildman–Crippen LogP) is 5.38. The molecule has 5 heteroatoms. The number of methoxy groups -OCH3 is 2. The van der Waals surface area contributed by atoms with Crippen molar-refractivity contribution in [2.75, 3.05) is 27.4 Å². The van der Waals surface area contributed by atoms with Gasteiger partial charge in [0.15, 0.2) is 0 Å². The van der Waals surface area contributed by atoms with Crippen molar-refractivity contribution in [3.8, 4) is 11.5 Å². The molecule has 3 saturated carbocycles. The molecule has 34 heavy (non-hydrogen) atoms. The Morgan fingerprint density at radius 1 is 1.00 bits per heavy atom. The second-order valence-electron chi connectivity index (χ2n) is 11.5. The van der Waals surface area contributed by atoms with Crippen molar-refractivity contribution >= 4 is 0 Å². The summed E-state index contributed by atoms with van der Waals surface area (Å²) >= 11 is 0. The van der Waals surface area contributed by atoms with Gasteiger partial charge in [-0.25, -0.2) is 0 Å². The zero-order chi connectivity index (χ0) is 24.5. The number of hydrogen-bond donors (Lipinski definition) is 2. The minimum atomic E-state index is -0.289.